The van der Waals surface area contributed by atoms with Crippen LogP contribution < -0.4 is 0 Å². The molecule has 3 heteroatoms. The van der Waals surface area contributed by atoms with E-state index in [1.807, 2.05) is 12.1 Å². The van der Waals surface area contributed by atoms with Crippen molar-refractivity contribution in [1.82, 2.24) is 9.13 Å². The molecule has 3 heterocycles. The van der Waals surface area contributed by atoms with E-state index in [-0.39, 0.29) is 0 Å². The van der Waals surface area contributed by atoms with Gasteiger partial charge in [0.2, 0.25) is 0 Å². The van der Waals surface area contributed by atoms with Gasteiger partial charge in [0, 0.05) is 43.7 Å². The lowest BCUT2D eigenvalue weighted by atomic mass is 9.95. The highest BCUT2D eigenvalue weighted by Gasteiger charge is 2.19. The highest BCUT2D eigenvalue weighted by Crippen LogP contribution is 2.42. The molecule has 0 radical (unpaired) electrons. The molecule has 13 rings (SSSR count). The molecule has 0 saturated carbocycles. The van der Waals surface area contributed by atoms with Crippen molar-refractivity contribution in [2.45, 2.75) is 0 Å². The Balaban J connectivity index is 0.989. The summed E-state index contributed by atoms with van der Waals surface area (Å²) in [4.78, 5) is 0. The fraction of sp³-hybridized carbons (Fsp3) is 0. The fourth-order valence-corrected chi connectivity index (χ4v) is 9.96. The number of furan rings is 1. The van der Waals surface area contributed by atoms with Gasteiger partial charge in [-0.3, -0.25) is 0 Å². The van der Waals surface area contributed by atoms with Crippen LogP contribution in [-0.2, 0) is 0 Å². The number of rotatable bonds is 6. The zero-order valence-corrected chi connectivity index (χ0v) is 34.2. The van der Waals surface area contributed by atoms with Crippen molar-refractivity contribution in [3.8, 4) is 55.9 Å². The Bertz CT molecular complexity index is 3870. The summed E-state index contributed by atoms with van der Waals surface area (Å²) in [6.07, 6.45) is 0. The minimum Gasteiger partial charge on any atom is -0.456 e. The lowest BCUT2D eigenvalue weighted by Crippen LogP contribution is -1.94. The molecule has 0 saturated heterocycles. The van der Waals surface area contributed by atoms with Gasteiger partial charge < -0.3 is 13.6 Å². The highest BCUT2D eigenvalue weighted by atomic mass is 16.3. The van der Waals surface area contributed by atoms with Crippen LogP contribution in [0.4, 0.5) is 0 Å². The Hall–Kier alpha value is -8.40. The van der Waals surface area contributed by atoms with Crippen LogP contribution in [-0.4, -0.2) is 9.13 Å². The monoisotopic (exact) mass is 802 g/mol. The quantitative estimate of drug-likeness (QED) is 0.164. The number of hydrogen-bond acceptors (Lipinski definition) is 1. The summed E-state index contributed by atoms with van der Waals surface area (Å²) in [5, 5.41) is 7.17. The van der Waals surface area contributed by atoms with Crippen LogP contribution in [0, 0.1) is 0 Å². The molecule has 294 valence electrons. The van der Waals surface area contributed by atoms with Crippen molar-refractivity contribution in [3.05, 3.63) is 231 Å². The van der Waals surface area contributed by atoms with Crippen molar-refractivity contribution < 1.29 is 4.42 Å². The van der Waals surface area contributed by atoms with E-state index in [0.29, 0.717) is 0 Å². The van der Waals surface area contributed by atoms with Crippen LogP contribution in [0.3, 0.4) is 0 Å². The number of hydrogen-bond donors (Lipinski definition) is 0. The molecule has 0 bridgehead atoms. The van der Waals surface area contributed by atoms with Crippen molar-refractivity contribution in [2.75, 3.05) is 0 Å². The maximum Gasteiger partial charge on any atom is 0.135 e. The molecule has 0 atom stereocenters. The standard InChI is InChI=1S/C60H38N2O/c1-3-12-39(13-4-1)41-22-24-43(25-23-41)48-18-11-20-57-60(48)53-37-45(29-34-56(53)61(57)46-30-26-42(27-31-46)40-14-5-2-6-15-40)44-28-33-55-51(36-44)49-16-7-9-19-54(49)62(55)47-32-35-59-52(38-47)50-17-8-10-21-58(50)63-59/h1-38H. The number of fused-ring (bicyclic) bond motifs is 9. The smallest absolute Gasteiger partial charge is 0.135 e. The summed E-state index contributed by atoms with van der Waals surface area (Å²) in [6, 6.07) is 83.6. The topological polar surface area (TPSA) is 23.0 Å². The normalized spacial score (nSPS) is 11.8. The van der Waals surface area contributed by atoms with E-state index < -0.39 is 0 Å². The fourth-order valence-electron chi connectivity index (χ4n) is 9.96. The van der Waals surface area contributed by atoms with Crippen molar-refractivity contribution in [3.63, 3.8) is 0 Å². The van der Waals surface area contributed by atoms with Gasteiger partial charge in [-0.25, -0.2) is 0 Å². The van der Waals surface area contributed by atoms with E-state index in [4.69, 9.17) is 4.42 Å². The molecule has 13 aromatic rings. The van der Waals surface area contributed by atoms with Crippen LogP contribution >= 0.6 is 0 Å². The summed E-state index contributed by atoms with van der Waals surface area (Å²) < 4.78 is 11.0. The first kappa shape index (κ1) is 35.4. The molecule has 0 aliphatic rings. The van der Waals surface area contributed by atoms with Crippen molar-refractivity contribution >= 4 is 65.6 Å². The molecule has 0 N–H and O–H groups in total. The Morgan fingerprint density at radius 2 is 0.746 bits per heavy atom. The average Bonchev–Trinajstić information content (AvgIpc) is 4.01. The molecule has 0 spiro atoms. The third-order valence-electron chi connectivity index (χ3n) is 13.0. The maximum atomic E-state index is 6.21. The van der Waals surface area contributed by atoms with Gasteiger partial charge in [0.1, 0.15) is 11.2 Å². The molecule has 10 aromatic carbocycles. The van der Waals surface area contributed by atoms with Gasteiger partial charge in [0.05, 0.1) is 22.1 Å². The van der Waals surface area contributed by atoms with Gasteiger partial charge in [-0.2, -0.15) is 0 Å². The van der Waals surface area contributed by atoms with Crippen LogP contribution in [0.15, 0.2) is 235 Å². The molecule has 0 amide bonds. The number of para-hydroxylation sites is 2. The van der Waals surface area contributed by atoms with E-state index >= 15 is 0 Å². The second-order valence-electron chi connectivity index (χ2n) is 16.5. The first-order valence-corrected chi connectivity index (χ1v) is 21.6. The largest absolute Gasteiger partial charge is 0.456 e. The second-order valence-corrected chi connectivity index (χ2v) is 16.5. The molecular formula is C60H38N2O. The zero-order valence-electron chi connectivity index (χ0n) is 34.2. The van der Waals surface area contributed by atoms with Gasteiger partial charge in [0.15, 0.2) is 0 Å². The van der Waals surface area contributed by atoms with Crippen LogP contribution in [0.5, 0.6) is 0 Å². The first-order chi connectivity index (χ1) is 31.2. The summed E-state index contributed by atoms with van der Waals surface area (Å²) in [7, 11) is 0. The molecule has 0 aliphatic carbocycles. The van der Waals surface area contributed by atoms with Gasteiger partial charge in [-0.05, 0) is 117 Å². The lowest BCUT2D eigenvalue weighted by molar-refractivity contribution is 0.669. The van der Waals surface area contributed by atoms with Crippen LogP contribution in [0.2, 0.25) is 0 Å². The van der Waals surface area contributed by atoms with Crippen LogP contribution in [0.1, 0.15) is 0 Å². The Morgan fingerprint density at radius 1 is 0.254 bits per heavy atom. The molecule has 3 nitrogen and oxygen atoms in total. The molecule has 0 aliphatic heterocycles. The highest BCUT2D eigenvalue weighted by molar-refractivity contribution is 6.17. The zero-order chi connectivity index (χ0) is 41.4. The van der Waals surface area contributed by atoms with E-state index in [1.54, 1.807) is 0 Å². The molecule has 63 heavy (non-hydrogen) atoms. The lowest BCUT2D eigenvalue weighted by Gasteiger charge is -2.11. The average molecular weight is 803 g/mol. The number of benzene rings is 10. The summed E-state index contributed by atoms with van der Waals surface area (Å²) in [5.74, 6) is 0. The molecular weight excluding hydrogens is 765 g/mol. The van der Waals surface area contributed by atoms with E-state index in [9.17, 15) is 0 Å². The van der Waals surface area contributed by atoms with Crippen molar-refractivity contribution in [2.24, 2.45) is 0 Å². The van der Waals surface area contributed by atoms with Crippen LogP contribution in [0.25, 0.3) is 121 Å². The van der Waals surface area contributed by atoms with Crippen molar-refractivity contribution in [1.29, 1.82) is 0 Å². The second kappa shape index (κ2) is 14.1. The third-order valence-corrected chi connectivity index (χ3v) is 13.0. The van der Waals surface area contributed by atoms with Gasteiger partial charge in [0.25, 0.3) is 0 Å². The number of aromatic nitrogens is 2. The van der Waals surface area contributed by atoms with E-state index in [1.165, 1.54) is 88.1 Å². The molecule has 3 aromatic heterocycles. The van der Waals surface area contributed by atoms with E-state index in [2.05, 4.69) is 228 Å². The minimum atomic E-state index is 0.899. The summed E-state index contributed by atoms with van der Waals surface area (Å²) in [6.45, 7) is 0. The van der Waals surface area contributed by atoms with Gasteiger partial charge in [-0.1, -0.05) is 158 Å². The first-order valence-electron chi connectivity index (χ1n) is 21.6. The Morgan fingerprint density at radius 3 is 1.48 bits per heavy atom. The Labute approximate surface area is 363 Å². The number of nitrogens with zero attached hydrogens (tertiary/aromatic N) is 2. The third kappa shape index (κ3) is 5.67. The Kier molecular flexibility index (Phi) is 7.91. The summed E-state index contributed by atoms with van der Waals surface area (Å²) in [5.41, 5.74) is 18.4. The van der Waals surface area contributed by atoms with Gasteiger partial charge >= 0.3 is 0 Å². The predicted octanol–water partition coefficient (Wildman–Crippen LogP) is 16.4. The SMILES string of the molecule is c1ccc(-c2ccc(-c3cccc4c3c3cc(-c5ccc6c(c5)c5ccccc5n6-c5ccc6oc7ccccc7c6c5)ccc3n4-c3ccc(-c4ccccc4)cc3)cc2)cc1. The minimum absolute atomic E-state index is 0.899. The molecule has 0 fully saturated rings. The summed E-state index contributed by atoms with van der Waals surface area (Å²) >= 11 is 0. The van der Waals surface area contributed by atoms with E-state index in [0.717, 1.165) is 33.3 Å². The van der Waals surface area contributed by atoms with Gasteiger partial charge in [-0.15, -0.1) is 0 Å². The molecule has 0 unspecified atom stereocenters. The maximum absolute atomic E-state index is 6.21. The predicted molar refractivity (Wildman–Crippen MR) is 264 cm³/mol.